The summed E-state index contributed by atoms with van der Waals surface area (Å²) >= 11 is 1.38. The van der Waals surface area contributed by atoms with E-state index in [0.717, 1.165) is 29.7 Å². The summed E-state index contributed by atoms with van der Waals surface area (Å²) in [5, 5.41) is 9.03. The van der Waals surface area contributed by atoms with Gasteiger partial charge in [0.05, 0.1) is 17.1 Å². The lowest BCUT2D eigenvalue weighted by molar-refractivity contribution is 0.0725. The van der Waals surface area contributed by atoms with Crippen molar-refractivity contribution in [1.29, 1.82) is 0 Å². The number of H-pyrrole nitrogens is 2. The molecule has 1 aliphatic heterocycles. The first-order chi connectivity index (χ1) is 12.8. The van der Waals surface area contributed by atoms with Gasteiger partial charge in [0.15, 0.2) is 10.8 Å². The molecular formula is C17H15N7OS. The van der Waals surface area contributed by atoms with Crippen LogP contribution in [0.1, 0.15) is 35.2 Å². The molecule has 0 aliphatic carbocycles. The molecule has 0 spiro atoms. The molecule has 8 nitrogen and oxygen atoms in total. The van der Waals surface area contributed by atoms with Gasteiger partial charge in [-0.1, -0.05) is 12.1 Å². The lowest BCUT2D eigenvalue weighted by atomic mass is 10.2. The number of nitrogens with one attached hydrogen (secondary N) is 2. The van der Waals surface area contributed by atoms with Gasteiger partial charge in [0.2, 0.25) is 0 Å². The molecular weight excluding hydrogens is 350 g/mol. The van der Waals surface area contributed by atoms with Crippen molar-refractivity contribution in [3.8, 4) is 10.8 Å². The summed E-state index contributed by atoms with van der Waals surface area (Å²) in [5.74, 6) is 1.34. The normalized spacial score (nSPS) is 17.2. The van der Waals surface area contributed by atoms with Gasteiger partial charge in [0, 0.05) is 11.9 Å². The molecule has 1 amide bonds. The average molecular weight is 365 g/mol. The summed E-state index contributed by atoms with van der Waals surface area (Å²) in [5.41, 5.74) is 2.34. The molecule has 1 saturated heterocycles. The zero-order chi connectivity index (χ0) is 17.5. The van der Waals surface area contributed by atoms with E-state index in [2.05, 4.69) is 30.1 Å². The number of fused-ring (bicyclic) bond motifs is 1. The molecule has 1 fully saturated rings. The van der Waals surface area contributed by atoms with E-state index in [1.807, 2.05) is 29.2 Å². The third-order valence-electron chi connectivity index (χ3n) is 4.58. The van der Waals surface area contributed by atoms with E-state index in [9.17, 15) is 4.79 Å². The van der Waals surface area contributed by atoms with Gasteiger partial charge < -0.3 is 9.88 Å². The molecule has 1 aliphatic rings. The lowest BCUT2D eigenvalue weighted by Gasteiger charge is -2.22. The van der Waals surface area contributed by atoms with E-state index in [-0.39, 0.29) is 11.9 Å². The molecule has 3 aromatic heterocycles. The van der Waals surface area contributed by atoms with Crippen LogP contribution in [0.25, 0.3) is 21.9 Å². The van der Waals surface area contributed by atoms with E-state index in [1.54, 1.807) is 5.38 Å². The Labute approximate surface area is 152 Å². The molecule has 2 N–H and O–H groups in total. The van der Waals surface area contributed by atoms with Crippen molar-refractivity contribution >= 4 is 28.3 Å². The molecule has 0 saturated carbocycles. The minimum atomic E-state index is -0.0741. The average Bonchev–Trinajstić information content (AvgIpc) is 3.47. The van der Waals surface area contributed by atoms with Crippen LogP contribution in [-0.2, 0) is 0 Å². The quantitative estimate of drug-likeness (QED) is 0.581. The van der Waals surface area contributed by atoms with Gasteiger partial charge in [0.25, 0.3) is 5.91 Å². The highest BCUT2D eigenvalue weighted by Gasteiger charge is 2.33. The number of nitrogens with zero attached hydrogens (tertiary/aromatic N) is 5. The number of benzene rings is 1. The third kappa shape index (κ3) is 2.48. The third-order valence-corrected chi connectivity index (χ3v) is 5.43. The van der Waals surface area contributed by atoms with Crippen molar-refractivity contribution in [1.82, 2.24) is 35.0 Å². The number of para-hydroxylation sites is 2. The first kappa shape index (κ1) is 15.2. The van der Waals surface area contributed by atoms with E-state index in [1.165, 1.54) is 17.7 Å². The van der Waals surface area contributed by atoms with Crippen LogP contribution < -0.4 is 0 Å². The summed E-state index contributed by atoms with van der Waals surface area (Å²) in [6, 6.07) is 7.86. The van der Waals surface area contributed by atoms with E-state index < -0.39 is 0 Å². The fourth-order valence-electron chi connectivity index (χ4n) is 3.36. The van der Waals surface area contributed by atoms with Crippen LogP contribution in [0.15, 0.2) is 36.0 Å². The van der Waals surface area contributed by atoms with Crippen LogP contribution in [0, 0.1) is 0 Å². The van der Waals surface area contributed by atoms with E-state index in [4.69, 9.17) is 0 Å². The summed E-state index contributed by atoms with van der Waals surface area (Å²) in [7, 11) is 0. The van der Waals surface area contributed by atoms with Crippen molar-refractivity contribution in [2.75, 3.05) is 6.54 Å². The molecule has 0 bridgehead atoms. The van der Waals surface area contributed by atoms with Gasteiger partial charge in [-0.2, -0.15) is 5.10 Å². The Hall–Kier alpha value is -3.07. The highest BCUT2D eigenvalue weighted by Crippen LogP contribution is 2.33. The lowest BCUT2D eigenvalue weighted by Crippen LogP contribution is -2.31. The number of aromatic amines is 2. The number of imidazole rings is 1. The molecule has 26 heavy (non-hydrogen) atoms. The molecule has 4 aromatic rings. The Morgan fingerprint density at radius 2 is 2.19 bits per heavy atom. The maximum Gasteiger partial charge on any atom is 0.273 e. The number of thiazole rings is 1. The second-order valence-electron chi connectivity index (χ2n) is 6.17. The number of rotatable bonds is 3. The monoisotopic (exact) mass is 365 g/mol. The predicted molar refractivity (Wildman–Crippen MR) is 96.6 cm³/mol. The topological polar surface area (TPSA) is 103 Å². The first-order valence-corrected chi connectivity index (χ1v) is 9.24. The highest BCUT2D eigenvalue weighted by atomic mass is 32.1. The van der Waals surface area contributed by atoms with Crippen molar-refractivity contribution in [2.24, 2.45) is 0 Å². The first-order valence-electron chi connectivity index (χ1n) is 8.36. The predicted octanol–water partition coefficient (Wildman–Crippen LogP) is 2.78. The number of carbonyl (C=O) groups is 1. The maximum absolute atomic E-state index is 13.0. The van der Waals surface area contributed by atoms with Gasteiger partial charge in [0.1, 0.15) is 17.8 Å². The Morgan fingerprint density at radius 1 is 1.27 bits per heavy atom. The molecule has 0 unspecified atom stereocenters. The molecule has 4 heterocycles. The second kappa shape index (κ2) is 6.03. The minimum Gasteiger partial charge on any atom is -0.340 e. The van der Waals surface area contributed by atoms with E-state index >= 15 is 0 Å². The van der Waals surface area contributed by atoms with Crippen LogP contribution in [-0.4, -0.2) is 47.5 Å². The second-order valence-corrected chi connectivity index (χ2v) is 7.03. The van der Waals surface area contributed by atoms with Crippen molar-refractivity contribution < 1.29 is 4.79 Å². The van der Waals surface area contributed by atoms with Crippen LogP contribution in [0.2, 0.25) is 0 Å². The Balaban J connectivity index is 1.44. The van der Waals surface area contributed by atoms with Gasteiger partial charge in [-0.3, -0.25) is 9.89 Å². The summed E-state index contributed by atoms with van der Waals surface area (Å²) in [6.07, 6.45) is 3.27. The molecule has 5 rings (SSSR count). The zero-order valence-corrected chi connectivity index (χ0v) is 14.5. The van der Waals surface area contributed by atoms with Crippen LogP contribution >= 0.6 is 11.3 Å². The number of hydrogen-bond donors (Lipinski definition) is 2. The van der Waals surface area contributed by atoms with Crippen LogP contribution in [0.5, 0.6) is 0 Å². The van der Waals surface area contributed by atoms with E-state index in [0.29, 0.717) is 23.1 Å². The fraction of sp³-hybridized carbons (Fsp3) is 0.235. The largest absolute Gasteiger partial charge is 0.340 e. The number of aromatic nitrogens is 6. The molecule has 130 valence electrons. The Morgan fingerprint density at radius 3 is 3.04 bits per heavy atom. The smallest absolute Gasteiger partial charge is 0.273 e. The maximum atomic E-state index is 13.0. The van der Waals surface area contributed by atoms with Crippen LogP contribution in [0.3, 0.4) is 0 Å². The number of amides is 1. The molecule has 0 radical (unpaired) electrons. The summed E-state index contributed by atoms with van der Waals surface area (Å²) < 4.78 is 0. The zero-order valence-electron chi connectivity index (χ0n) is 13.7. The summed E-state index contributed by atoms with van der Waals surface area (Å²) in [6.45, 7) is 0.704. The SMILES string of the molecule is O=C(c1csc(-c2ncn[nH]2)n1)N1CCC[C@@H]1c1nc2ccccc2[nH]1. The number of hydrogen-bond acceptors (Lipinski definition) is 6. The molecule has 9 heteroatoms. The van der Waals surface area contributed by atoms with Crippen molar-refractivity contribution in [3.05, 3.63) is 47.5 Å². The minimum absolute atomic E-state index is 0.0506. The van der Waals surface area contributed by atoms with Crippen LogP contribution in [0.4, 0.5) is 0 Å². The van der Waals surface area contributed by atoms with Crippen molar-refractivity contribution in [2.45, 2.75) is 18.9 Å². The Bertz CT molecular complexity index is 1030. The molecule has 1 aromatic carbocycles. The van der Waals surface area contributed by atoms with Crippen molar-refractivity contribution in [3.63, 3.8) is 0 Å². The number of carbonyl (C=O) groups excluding carboxylic acids is 1. The Kier molecular flexibility index (Phi) is 3.52. The van der Waals surface area contributed by atoms with Gasteiger partial charge in [-0.25, -0.2) is 15.0 Å². The van der Waals surface area contributed by atoms with Gasteiger partial charge in [-0.05, 0) is 25.0 Å². The number of likely N-dealkylation sites (tertiary alicyclic amines) is 1. The summed E-state index contributed by atoms with van der Waals surface area (Å²) in [4.78, 5) is 31.4. The fourth-order valence-corrected chi connectivity index (χ4v) is 4.10. The standard InChI is InChI=1S/C17H15N7OS/c25-17(12-8-26-16(22-12)15-18-9-19-23-15)24-7-3-6-13(24)14-20-10-4-1-2-5-11(10)21-14/h1-2,4-5,8-9,13H,3,6-7H2,(H,20,21)(H,18,19,23)/t13-/m1/s1. The van der Waals surface area contributed by atoms with Gasteiger partial charge in [-0.15, -0.1) is 11.3 Å². The molecule has 1 atom stereocenters. The highest BCUT2D eigenvalue weighted by molar-refractivity contribution is 7.13. The van der Waals surface area contributed by atoms with Gasteiger partial charge >= 0.3 is 0 Å².